The molecule has 0 aliphatic rings. The molecule has 2 heteroatoms. The molecule has 0 aliphatic carbocycles. The van der Waals surface area contributed by atoms with Crippen LogP contribution in [0.3, 0.4) is 0 Å². The molecule has 2 rings (SSSR count). The Morgan fingerprint density at radius 3 is 2.05 bits per heavy atom. The van der Waals surface area contributed by atoms with Crippen molar-refractivity contribution in [3.8, 4) is 11.1 Å². The van der Waals surface area contributed by atoms with Crippen molar-refractivity contribution in [3.05, 3.63) is 57.1 Å². The van der Waals surface area contributed by atoms with E-state index in [0.717, 1.165) is 10.6 Å². The summed E-state index contributed by atoms with van der Waals surface area (Å²) in [5, 5.41) is 0.742. The second kappa shape index (κ2) is 5.36. The van der Waals surface area contributed by atoms with E-state index in [-0.39, 0.29) is 0 Å². The molecule has 0 spiro atoms. The third-order valence-electron chi connectivity index (χ3n) is 3.92. The number of hydrogen-bond donors (Lipinski definition) is 1. The first-order chi connectivity index (χ1) is 8.95. The molecular formula is C17H20ClN. The Balaban J connectivity index is 2.72. The van der Waals surface area contributed by atoms with E-state index in [0.29, 0.717) is 6.54 Å². The lowest BCUT2D eigenvalue weighted by atomic mass is 9.89. The normalized spacial score (nSPS) is 10.8. The smallest absolute Gasteiger partial charge is 0.0451 e. The zero-order chi connectivity index (χ0) is 14.2. The summed E-state index contributed by atoms with van der Waals surface area (Å²) < 4.78 is 0. The van der Waals surface area contributed by atoms with Gasteiger partial charge in [0.05, 0.1) is 0 Å². The molecule has 0 saturated carbocycles. The first-order valence-electron chi connectivity index (χ1n) is 6.52. The second-order valence-electron chi connectivity index (χ2n) is 5.15. The average molecular weight is 274 g/mol. The van der Waals surface area contributed by atoms with Gasteiger partial charge >= 0.3 is 0 Å². The lowest BCUT2D eigenvalue weighted by Gasteiger charge is -2.16. The lowest BCUT2D eigenvalue weighted by molar-refractivity contribution is 1.07. The molecule has 0 bridgehead atoms. The predicted molar refractivity (Wildman–Crippen MR) is 83.7 cm³/mol. The third-order valence-corrected chi connectivity index (χ3v) is 4.29. The van der Waals surface area contributed by atoms with Crippen molar-refractivity contribution in [1.82, 2.24) is 0 Å². The molecule has 19 heavy (non-hydrogen) atoms. The monoisotopic (exact) mass is 273 g/mol. The van der Waals surface area contributed by atoms with Crippen LogP contribution >= 0.6 is 11.6 Å². The van der Waals surface area contributed by atoms with E-state index in [4.69, 9.17) is 17.3 Å². The Morgan fingerprint density at radius 2 is 1.53 bits per heavy atom. The fraction of sp³-hybridized carbons (Fsp3) is 0.294. The molecule has 0 aromatic heterocycles. The standard InChI is InChI=1S/C17H20ClN/c1-10-7-11(2)13(4)17(12(10)3)14-5-6-16(18)15(8-14)9-19/h5-8H,9,19H2,1-4H3. The van der Waals surface area contributed by atoms with Crippen LogP contribution in [-0.2, 0) is 6.54 Å². The zero-order valence-corrected chi connectivity index (χ0v) is 12.7. The van der Waals surface area contributed by atoms with Crippen LogP contribution < -0.4 is 5.73 Å². The van der Waals surface area contributed by atoms with E-state index in [1.165, 1.54) is 33.4 Å². The Morgan fingerprint density at radius 1 is 0.947 bits per heavy atom. The number of benzene rings is 2. The highest BCUT2D eigenvalue weighted by Gasteiger charge is 2.11. The van der Waals surface area contributed by atoms with Crippen LogP contribution in [0.15, 0.2) is 24.3 Å². The molecule has 100 valence electrons. The lowest BCUT2D eigenvalue weighted by Crippen LogP contribution is -1.99. The van der Waals surface area contributed by atoms with Gasteiger partial charge in [0.15, 0.2) is 0 Å². The summed E-state index contributed by atoms with van der Waals surface area (Å²) in [6.07, 6.45) is 0. The number of nitrogens with two attached hydrogens (primary N) is 1. The summed E-state index contributed by atoms with van der Waals surface area (Å²) in [5.74, 6) is 0. The molecule has 0 unspecified atom stereocenters. The van der Waals surface area contributed by atoms with Crippen molar-refractivity contribution in [3.63, 3.8) is 0 Å². The van der Waals surface area contributed by atoms with Gasteiger partial charge in [-0.1, -0.05) is 23.7 Å². The molecule has 0 radical (unpaired) electrons. The molecule has 0 heterocycles. The minimum Gasteiger partial charge on any atom is -0.326 e. The minimum atomic E-state index is 0.468. The van der Waals surface area contributed by atoms with Crippen LogP contribution in [-0.4, -0.2) is 0 Å². The molecule has 0 saturated heterocycles. The summed E-state index contributed by atoms with van der Waals surface area (Å²) >= 11 is 6.15. The van der Waals surface area contributed by atoms with Gasteiger partial charge in [-0.05, 0) is 78.8 Å². The molecule has 2 N–H and O–H groups in total. The summed E-state index contributed by atoms with van der Waals surface area (Å²) in [6.45, 7) is 9.13. The van der Waals surface area contributed by atoms with E-state index in [1.807, 2.05) is 6.07 Å². The van der Waals surface area contributed by atoms with E-state index in [2.05, 4.69) is 45.9 Å². The van der Waals surface area contributed by atoms with Crippen molar-refractivity contribution in [1.29, 1.82) is 0 Å². The maximum Gasteiger partial charge on any atom is 0.0451 e. The number of rotatable bonds is 2. The van der Waals surface area contributed by atoms with Crippen molar-refractivity contribution in [2.24, 2.45) is 5.73 Å². The molecule has 0 fully saturated rings. The van der Waals surface area contributed by atoms with Crippen LogP contribution in [0.25, 0.3) is 11.1 Å². The highest BCUT2D eigenvalue weighted by molar-refractivity contribution is 6.31. The molecule has 2 aromatic rings. The Bertz CT molecular complexity index is 603. The van der Waals surface area contributed by atoms with Gasteiger partial charge < -0.3 is 5.73 Å². The summed E-state index contributed by atoms with van der Waals surface area (Å²) in [6, 6.07) is 8.37. The van der Waals surface area contributed by atoms with Gasteiger partial charge in [-0.2, -0.15) is 0 Å². The highest BCUT2D eigenvalue weighted by Crippen LogP contribution is 2.33. The third kappa shape index (κ3) is 2.54. The van der Waals surface area contributed by atoms with Gasteiger partial charge in [-0.3, -0.25) is 0 Å². The second-order valence-corrected chi connectivity index (χ2v) is 5.55. The molecule has 1 nitrogen and oxygen atoms in total. The quantitative estimate of drug-likeness (QED) is 0.843. The van der Waals surface area contributed by atoms with Gasteiger partial charge in [0.25, 0.3) is 0 Å². The Labute approximate surface area is 120 Å². The Kier molecular flexibility index (Phi) is 3.98. The largest absolute Gasteiger partial charge is 0.326 e. The fourth-order valence-corrected chi connectivity index (χ4v) is 2.73. The van der Waals surface area contributed by atoms with E-state index in [1.54, 1.807) is 0 Å². The summed E-state index contributed by atoms with van der Waals surface area (Å²) in [7, 11) is 0. The van der Waals surface area contributed by atoms with Crippen LogP contribution in [0, 0.1) is 27.7 Å². The van der Waals surface area contributed by atoms with Crippen LogP contribution in [0.5, 0.6) is 0 Å². The molecule has 0 atom stereocenters. The van der Waals surface area contributed by atoms with Gasteiger partial charge in [-0.15, -0.1) is 0 Å². The molecule has 0 amide bonds. The van der Waals surface area contributed by atoms with E-state index in [9.17, 15) is 0 Å². The fourth-order valence-electron chi connectivity index (χ4n) is 2.54. The summed E-state index contributed by atoms with van der Waals surface area (Å²) in [4.78, 5) is 0. The highest BCUT2D eigenvalue weighted by atomic mass is 35.5. The number of hydrogen-bond acceptors (Lipinski definition) is 1. The first kappa shape index (κ1) is 14.1. The maximum absolute atomic E-state index is 6.15. The van der Waals surface area contributed by atoms with Crippen molar-refractivity contribution in [2.75, 3.05) is 0 Å². The number of halogens is 1. The van der Waals surface area contributed by atoms with Crippen LogP contribution in [0.1, 0.15) is 27.8 Å². The van der Waals surface area contributed by atoms with E-state index >= 15 is 0 Å². The van der Waals surface area contributed by atoms with E-state index < -0.39 is 0 Å². The topological polar surface area (TPSA) is 26.0 Å². The SMILES string of the molecule is Cc1cc(C)c(C)c(-c2ccc(Cl)c(CN)c2)c1C. The van der Waals surface area contributed by atoms with Crippen molar-refractivity contribution < 1.29 is 0 Å². The van der Waals surface area contributed by atoms with Crippen LogP contribution in [0.4, 0.5) is 0 Å². The van der Waals surface area contributed by atoms with Crippen LogP contribution in [0.2, 0.25) is 5.02 Å². The van der Waals surface area contributed by atoms with Crippen molar-refractivity contribution >= 4 is 11.6 Å². The van der Waals surface area contributed by atoms with Crippen molar-refractivity contribution in [2.45, 2.75) is 34.2 Å². The first-order valence-corrected chi connectivity index (χ1v) is 6.89. The molecule has 0 aliphatic heterocycles. The van der Waals surface area contributed by atoms with Gasteiger partial charge in [0.2, 0.25) is 0 Å². The predicted octanol–water partition coefficient (Wildman–Crippen LogP) is 4.70. The van der Waals surface area contributed by atoms with Gasteiger partial charge in [0, 0.05) is 11.6 Å². The summed E-state index contributed by atoms with van der Waals surface area (Å²) in [5.41, 5.74) is 14.6. The van der Waals surface area contributed by atoms with Gasteiger partial charge in [0.1, 0.15) is 0 Å². The number of aryl methyl sites for hydroxylation is 2. The molecule has 2 aromatic carbocycles. The zero-order valence-electron chi connectivity index (χ0n) is 12.0. The Hall–Kier alpha value is -1.31. The molecular weight excluding hydrogens is 254 g/mol. The van der Waals surface area contributed by atoms with Gasteiger partial charge in [-0.25, -0.2) is 0 Å². The average Bonchev–Trinajstić information content (AvgIpc) is 2.38. The maximum atomic E-state index is 6.15. The minimum absolute atomic E-state index is 0.468.